The lowest BCUT2D eigenvalue weighted by Gasteiger charge is -2.09. The molecule has 0 atom stereocenters. The Bertz CT molecular complexity index is 1110. The number of benzene rings is 3. The third-order valence-corrected chi connectivity index (χ3v) is 4.38. The summed E-state index contributed by atoms with van der Waals surface area (Å²) in [6.45, 7) is 0.652. The Kier molecular flexibility index (Phi) is 4.54. The summed E-state index contributed by atoms with van der Waals surface area (Å²) in [6, 6.07) is 26.7. The quantitative estimate of drug-likeness (QED) is 0.529. The van der Waals surface area contributed by atoms with E-state index in [9.17, 15) is 9.90 Å². The van der Waals surface area contributed by atoms with Crippen molar-refractivity contribution in [3.63, 3.8) is 0 Å². The van der Waals surface area contributed by atoms with Crippen molar-refractivity contribution in [3.05, 3.63) is 102 Å². The molecule has 0 aliphatic heterocycles. The molecule has 1 heterocycles. The highest BCUT2D eigenvalue weighted by molar-refractivity contribution is 5.88. The first-order valence-corrected chi connectivity index (χ1v) is 8.67. The summed E-state index contributed by atoms with van der Waals surface area (Å²) in [4.78, 5) is 11.3. The zero-order valence-corrected chi connectivity index (χ0v) is 14.6. The summed E-state index contributed by atoms with van der Waals surface area (Å²) < 4.78 is 8.22. The molecule has 1 aromatic heterocycles. The standard InChI is InChI=1S/C23H17NO3/c25-23(26)19-10-6-11-20(15-19)27-22-21-12-5-4-9-18(21)13-14-24(22)16-17-7-2-1-3-8-17/h1-15H,16H2/p+1. The first kappa shape index (κ1) is 16.8. The number of pyridine rings is 1. The van der Waals surface area contributed by atoms with E-state index in [0.717, 1.165) is 16.3 Å². The van der Waals surface area contributed by atoms with Crippen LogP contribution >= 0.6 is 0 Å². The van der Waals surface area contributed by atoms with Gasteiger partial charge in [0.15, 0.2) is 12.7 Å². The van der Waals surface area contributed by atoms with Gasteiger partial charge in [0.1, 0.15) is 5.75 Å². The molecule has 0 fully saturated rings. The molecule has 0 amide bonds. The van der Waals surface area contributed by atoms with Gasteiger partial charge >= 0.3 is 11.8 Å². The summed E-state index contributed by atoms with van der Waals surface area (Å²) in [7, 11) is 0. The number of carbonyl (C=O) groups is 1. The van der Waals surface area contributed by atoms with Crippen LogP contribution in [0.5, 0.6) is 11.6 Å². The first-order valence-electron chi connectivity index (χ1n) is 8.67. The Morgan fingerprint density at radius 3 is 2.48 bits per heavy atom. The van der Waals surface area contributed by atoms with Crippen LogP contribution in [0.1, 0.15) is 15.9 Å². The number of fused-ring (bicyclic) bond motifs is 1. The maximum atomic E-state index is 11.3. The highest BCUT2D eigenvalue weighted by Gasteiger charge is 2.19. The fourth-order valence-corrected chi connectivity index (χ4v) is 3.05. The summed E-state index contributed by atoms with van der Waals surface area (Å²) in [5.74, 6) is 0.197. The molecule has 0 aliphatic rings. The molecule has 0 unspecified atom stereocenters. The Morgan fingerprint density at radius 1 is 0.889 bits per heavy atom. The summed E-state index contributed by atoms with van der Waals surface area (Å²) in [5, 5.41) is 11.3. The van der Waals surface area contributed by atoms with Gasteiger partial charge in [0.05, 0.1) is 10.9 Å². The number of hydrogen-bond donors (Lipinski definition) is 1. The van der Waals surface area contributed by atoms with E-state index in [1.54, 1.807) is 18.2 Å². The fraction of sp³-hybridized carbons (Fsp3) is 0.0435. The Labute approximate surface area is 156 Å². The van der Waals surface area contributed by atoms with Crippen molar-refractivity contribution in [2.75, 3.05) is 0 Å². The molecule has 4 nitrogen and oxygen atoms in total. The van der Waals surface area contributed by atoms with Crippen molar-refractivity contribution >= 4 is 16.7 Å². The number of aromatic nitrogens is 1. The van der Waals surface area contributed by atoms with Crippen LogP contribution in [0.4, 0.5) is 0 Å². The molecule has 0 radical (unpaired) electrons. The number of carboxylic acid groups (broad SMARTS) is 1. The van der Waals surface area contributed by atoms with Crippen LogP contribution in [0.15, 0.2) is 91.1 Å². The van der Waals surface area contributed by atoms with Crippen LogP contribution in [0.2, 0.25) is 0 Å². The van der Waals surface area contributed by atoms with E-state index in [1.807, 2.05) is 53.2 Å². The van der Waals surface area contributed by atoms with Crippen LogP contribution in [0.3, 0.4) is 0 Å². The van der Waals surface area contributed by atoms with E-state index in [-0.39, 0.29) is 5.56 Å². The molecule has 4 heteroatoms. The number of aromatic carboxylic acids is 1. The van der Waals surface area contributed by atoms with Crippen LogP contribution in [0, 0.1) is 0 Å². The molecule has 4 aromatic rings. The minimum Gasteiger partial charge on any atom is -0.478 e. The zero-order valence-electron chi connectivity index (χ0n) is 14.6. The summed E-state index contributed by atoms with van der Waals surface area (Å²) >= 11 is 0. The average molecular weight is 356 g/mol. The largest absolute Gasteiger partial charge is 0.478 e. The SMILES string of the molecule is O=C(O)c1cccc(Oc2c3ccccc3cc[n+]2Cc2ccccc2)c1. The molecular formula is C23H18NO3+. The molecule has 0 saturated heterocycles. The van der Waals surface area contributed by atoms with Crippen LogP contribution in [0.25, 0.3) is 10.8 Å². The van der Waals surface area contributed by atoms with Crippen molar-refractivity contribution < 1.29 is 19.2 Å². The van der Waals surface area contributed by atoms with Gasteiger partial charge in [-0.05, 0) is 29.7 Å². The maximum absolute atomic E-state index is 11.3. The molecule has 0 bridgehead atoms. The lowest BCUT2D eigenvalue weighted by molar-refractivity contribution is -0.691. The van der Waals surface area contributed by atoms with Gasteiger partial charge in [-0.3, -0.25) is 0 Å². The van der Waals surface area contributed by atoms with E-state index < -0.39 is 5.97 Å². The van der Waals surface area contributed by atoms with Crippen LogP contribution in [-0.4, -0.2) is 11.1 Å². The van der Waals surface area contributed by atoms with Crippen LogP contribution < -0.4 is 9.30 Å². The maximum Gasteiger partial charge on any atom is 0.381 e. The highest BCUT2D eigenvalue weighted by atomic mass is 16.5. The third kappa shape index (κ3) is 3.65. The normalized spacial score (nSPS) is 10.7. The smallest absolute Gasteiger partial charge is 0.381 e. The Hall–Kier alpha value is -3.66. The molecule has 0 saturated carbocycles. The van der Waals surface area contributed by atoms with E-state index in [2.05, 4.69) is 18.2 Å². The number of hydrogen-bond acceptors (Lipinski definition) is 2. The van der Waals surface area contributed by atoms with Gasteiger partial charge in [0.2, 0.25) is 0 Å². The molecule has 0 spiro atoms. The van der Waals surface area contributed by atoms with Gasteiger partial charge in [-0.25, -0.2) is 4.79 Å². The highest BCUT2D eigenvalue weighted by Crippen LogP contribution is 2.27. The molecule has 1 N–H and O–H groups in total. The second kappa shape index (κ2) is 7.30. The van der Waals surface area contributed by atoms with Crippen molar-refractivity contribution in [2.45, 2.75) is 6.54 Å². The molecule has 0 aliphatic carbocycles. The second-order valence-corrected chi connectivity index (χ2v) is 6.26. The zero-order chi connectivity index (χ0) is 18.6. The van der Waals surface area contributed by atoms with Gasteiger partial charge < -0.3 is 9.84 Å². The molecule has 4 rings (SSSR count). The minimum atomic E-state index is -0.976. The van der Waals surface area contributed by atoms with E-state index in [0.29, 0.717) is 18.2 Å². The van der Waals surface area contributed by atoms with Crippen molar-refractivity contribution in [3.8, 4) is 11.6 Å². The van der Waals surface area contributed by atoms with Gasteiger partial charge in [-0.15, -0.1) is 0 Å². The lowest BCUT2D eigenvalue weighted by atomic mass is 10.1. The third-order valence-electron chi connectivity index (χ3n) is 4.38. The van der Waals surface area contributed by atoms with Gasteiger partial charge in [-0.2, -0.15) is 4.57 Å². The Balaban J connectivity index is 1.80. The monoisotopic (exact) mass is 356 g/mol. The number of nitrogens with zero attached hydrogens (tertiary/aromatic N) is 1. The number of rotatable bonds is 5. The number of ether oxygens (including phenoxy) is 1. The van der Waals surface area contributed by atoms with Gasteiger partial charge in [0.25, 0.3) is 0 Å². The predicted octanol–water partition coefficient (Wildman–Crippen LogP) is 4.67. The summed E-state index contributed by atoms with van der Waals surface area (Å²) in [6.07, 6.45) is 1.99. The van der Waals surface area contributed by atoms with E-state index >= 15 is 0 Å². The van der Waals surface area contributed by atoms with E-state index in [1.165, 1.54) is 6.07 Å². The predicted molar refractivity (Wildman–Crippen MR) is 103 cm³/mol. The van der Waals surface area contributed by atoms with Gasteiger partial charge in [0, 0.05) is 11.6 Å². The molecular weight excluding hydrogens is 338 g/mol. The Morgan fingerprint density at radius 2 is 1.67 bits per heavy atom. The van der Waals surface area contributed by atoms with Crippen molar-refractivity contribution in [1.82, 2.24) is 0 Å². The van der Waals surface area contributed by atoms with Gasteiger partial charge in [-0.1, -0.05) is 54.6 Å². The molecule has 132 valence electrons. The van der Waals surface area contributed by atoms with Crippen molar-refractivity contribution in [1.29, 1.82) is 0 Å². The lowest BCUT2D eigenvalue weighted by Crippen LogP contribution is -2.35. The first-order chi connectivity index (χ1) is 13.2. The topological polar surface area (TPSA) is 50.4 Å². The average Bonchev–Trinajstić information content (AvgIpc) is 2.71. The molecule has 3 aromatic carbocycles. The second-order valence-electron chi connectivity index (χ2n) is 6.26. The van der Waals surface area contributed by atoms with Crippen LogP contribution in [-0.2, 0) is 6.54 Å². The van der Waals surface area contributed by atoms with Crippen molar-refractivity contribution in [2.24, 2.45) is 0 Å². The molecule has 27 heavy (non-hydrogen) atoms. The van der Waals surface area contributed by atoms with E-state index in [4.69, 9.17) is 4.74 Å². The summed E-state index contributed by atoms with van der Waals surface area (Å²) in [5.41, 5.74) is 1.35. The minimum absolute atomic E-state index is 0.197. The fourth-order valence-electron chi connectivity index (χ4n) is 3.05. The number of carboxylic acids is 1.